The van der Waals surface area contributed by atoms with E-state index in [9.17, 15) is 14.4 Å². The molecule has 0 spiro atoms. The Hall–Kier alpha value is -4.07. The van der Waals surface area contributed by atoms with Gasteiger partial charge in [-0.25, -0.2) is 9.59 Å². The predicted octanol–water partition coefficient (Wildman–Crippen LogP) is 3.90. The number of hydrogen-bond acceptors (Lipinski definition) is 6. The van der Waals surface area contributed by atoms with Crippen molar-refractivity contribution in [2.45, 2.75) is 32.7 Å². The summed E-state index contributed by atoms with van der Waals surface area (Å²) in [5, 5.41) is 1.75. The summed E-state index contributed by atoms with van der Waals surface area (Å²) in [7, 11) is 2.91. The monoisotopic (exact) mass is 474 g/mol. The first-order valence-corrected chi connectivity index (χ1v) is 11.5. The molecule has 1 N–H and O–H groups in total. The van der Waals surface area contributed by atoms with Gasteiger partial charge in [0.1, 0.15) is 11.3 Å². The fourth-order valence-corrected chi connectivity index (χ4v) is 4.85. The first-order chi connectivity index (χ1) is 16.9. The molecule has 1 aliphatic rings. The quantitative estimate of drug-likeness (QED) is 0.348. The molecule has 0 saturated carbocycles. The Balaban J connectivity index is 1.35. The Morgan fingerprint density at radius 1 is 1.11 bits per heavy atom. The van der Waals surface area contributed by atoms with Gasteiger partial charge in [-0.05, 0) is 49.2 Å². The SMILES string of the molecule is COC(=O)c1ccc2[nH]c3c(c2c1)CN(C(=O)CCc1c(C)c2ccc(OC)cc2oc1=O)CC3. The molecular weight excluding hydrogens is 448 g/mol. The normalized spacial score (nSPS) is 13.2. The molecule has 8 heteroatoms. The fourth-order valence-electron chi connectivity index (χ4n) is 4.85. The van der Waals surface area contributed by atoms with Crippen LogP contribution in [0.1, 0.15) is 39.2 Å². The molecule has 0 atom stereocenters. The number of aromatic amines is 1. The Morgan fingerprint density at radius 3 is 2.71 bits per heavy atom. The lowest BCUT2D eigenvalue weighted by Gasteiger charge is -2.27. The molecule has 2 aromatic carbocycles. The zero-order valence-corrected chi connectivity index (χ0v) is 19.9. The molecule has 3 heterocycles. The second-order valence-corrected chi connectivity index (χ2v) is 8.75. The zero-order chi connectivity index (χ0) is 24.7. The number of nitrogens with zero attached hydrogens (tertiary/aromatic N) is 1. The molecule has 0 aliphatic carbocycles. The van der Waals surface area contributed by atoms with Crippen molar-refractivity contribution in [1.29, 1.82) is 0 Å². The molecule has 2 aromatic heterocycles. The summed E-state index contributed by atoms with van der Waals surface area (Å²) in [6.45, 7) is 2.92. The van der Waals surface area contributed by atoms with Crippen molar-refractivity contribution in [1.82, 2.24) is 9.88 Å². The number of esters is 1. The Kier molecular flexibility index (Phi) is 5.80. The van der Waals surface area contributed by atoms with Crippen molar-refractivity contribution >= 4 is 33.7 Å². The third-order valence-electron chi connectivity index (χ3n) is 6.83. The fraction of sp³-hybridized carbons (Fsp3) is 0.296. The van der Waals surface area contributed by atoms with E-state index in [0.717, 1.165) is 33.1 Å². The van der Waals surface area contributed by atoms with Crippen LogP contribution in [-0.2, 0) is 28.9 Å². The van der Waals surface area contributed by atoms with Crippen molar-refractivity contribution in [3.8, 4) is 5.75 Å². The number of aromatic nitrogens is 1. The van der Waals surface area contributed by atoms with Gasteiger partial charge in [0.25, 0.3) is 0 Å². The van der Waals surface area contributed by atoms with Crippen LogP contribution in [0, 0.1) is 6.92 Å². The van der Waals surface area contributed by atoms with Crippen LogP contribution in [-0.4, -0.2) is 42.5 Å². The van der Waals surface area contributed by atoms with E-state index < -0.39 is 11.6 Å². The molecule has 35 heavy (non-hydrogen) atoms. The van der Waals surface area contributed by atoms with Gasteiger partial charge in [-0.3, -0.25) is 4.79 Å². The summed E-state index contributed by atoms with van der Waals surface area (Å²) in [6, 6.07) is 10.8. The third kappa shape index (κ3) is 4.05. The molecular formula is C27H26N2O6. The maximum Gasteiger partial charge on any atom is 0.339 e. The Labute approximate surface area is 201 Å². The smallest absolute Gasteiger partial charge is 0.339 e. The van der Waals surface area contributed by atoms with Crippen LogP contribution >= 0.6 is 0 Å². The highest BCUT2D eigenvalue weighted by Gasteiger charge is 2.25. The zero-order valence-electron chi connectivity index (χ0n) is 19.9. The van der Waals surface area contributed by atoms with Gasteiger partial charge in [-0.1, -0.05) is 0 Å². The van der Waals surface area contributed by atoms with Crippen LogP contribution in [0.15, 0.2) is 45.6 Å². The second kappa shape index (κ2) is 8.94. The van der Waals surface area contributed by atoms with E-state index in [4.69, 9.17) is 13.9 Å². The highest BCUT2D eigenvalue weighted by Crippen LogP contribution is 2.30. The second-order valence-electron chi connectivity index (χ2n) is 8.75. The van der Waals surface area contributed by atoms with Crippen LogP contribution in [0.5, 0.6) is 5.75 Å². The van der Waals surface area contributed by atoms with E-state index >= 15 is 0 Å². The molecule has 4 aromatic rings. The topological polar surface area (TPSA) is 102 Å². The average molecular weight is 475 g/mol. The number of carbonyl (C=O) groups is 2. The van der Waals surface area contributed by atoms with Gasteiger partial charge >= 0.3 is 11.6 Å². The van der Waals surface area contributed by atoms with Crippen LogP contribution in [0.4, 0.5) is 0 Å². The highest BCUT2D eigenvalue weighted by atomic mass is 16.5. The number of hydrogen-bond donors (Lipinski definition) is 1. The number of nitrogens with one attached hydrogen (secondary N) is 1. The molecule has 5 rings (SSSR count). The van der Waals surface area contributed by atoms with E-state index in [0.29, 0.717) is 48.4 Å². The molecule has 1 aliphatic heterocycles. The van der Waals surface area contributed by atoms with Gasteiger partial charge < -0.3 is 23.8 Å². The summed E-state index contributed by atoms with van der Waals surface area (Å²) < 4.78 is 15.6. The van der Waals surface area contributed by atoms with Gasteiger partial charge in [0.2, 0.25) is 5.91 Å². The molecule has 0 bridgehead atoms. The minimum Gasteiger partial charge on any atom is -0.497 e. The Morgan fingerprint density at radius 2 is 1.94 bits per heavy atom. The number of H-pyrrole nitrogens is 1. The van der Waals surface area contributed by atoms with Crippen LogP contribution in [0.2, 0.25) is 0 Å². The largest absolute Gasteiger partial charge is 0.497 e. The van der Waals surface area contributed by atoms with Crippen molar-refractivity contribution < 1.29 is 23.5 Å². The number of benzene rings is 2. The van der Waals surface area contributed by atoms with Crippen molar-refractivity contribution in [2.24, 2.45) is 0 Å². The standard InChI is InChI=1S/C27H26N2O6/c1-15-18-6-5-17(33-2)13-24(18)35-27(32)19(15)7-9-25(30)29-11-10-23-21(14-29)20-12-16(26(31)34-3)4-8-22(20)28-23/h4-6,8,12-13,28H,7,9-11,14H2,1-3H3. The molecule has 0 radical (unpaired) electrons. The van der Waals surface area contributed by atoms with Gasteiger partial charge in [0, 0.05) is 65.1 Å². The van der Waals surface area contributed by atoms with Crippen molar-refractivity contribution in [3.63, 3.8) is 0 Å². The first kappa shape index (κ1) is 22.7. The van der Waals surface area contributed by atoms with Crippen molar-refractivity contribution in [2.75, 3.05) is 20.8 Å². The number of fused-ring (bicyclic) bond motifs is 4. The van der Waals surface area contributed by atoms with Gasteiger partial charge in [-0.15, -0.1) is 0 Å². The van der Waals surface area contributed by atoms with Crippen LogP contribution < -0.4 is 10.4 Å². The molecule has 0 unspecified atom stereocenters. The number of methoxy groups -OCH3 is 2. The number of amides is 1. The van der Waals surface area contributed by atoms with Crippen LogP contribution in [0.3, 0.4) is 0 Å². The van der Waals surface area contributed by atoms with Crippen LogP contribution in [0.25, 0.3) is 21.9 Å². The van der Waals surface area contributed by atoms with E-state index in [2.05, 4.69) is 4.98 Å². The van der Waals surface area contributed by atoms with E-state index in [1.165, 1.54) is 7.11 Å². The Bertz CT molecular complexity index is 1530. The summed E-state index contributed by atoms with van der Waals surface area (Å²) in [6.07, 6.45) is 1.21. The predicted molar refractivity (Wildman–Crippen MR) is 131 cm³/mol. The maximum absolute atomic E-state index is 13.1. The maximum atomic E-state index is 13.1. The van der Waals surface area contributed by atoms with Gasteiger partial charge in [-0.2, -0.15) is 0 Å². The minimum atomic E-state index is -0.427. The highest BCUT2D eigenvalue weighted by molar-refractivity contribution is 5.96. The number of aryl methyl sites for hydroxylation is 1. The van der Waals surface area contributed by atoms with Gasteiger partial charge in [0.15, 0.2) is 0 Å². The molecule has 0 fully saturated rings. The lowest BCUT2D eigenvalue weighted by atomic mass is 10.0. The molecule has 8 nitrogen and oxygen atoms in total. The third-order valence-corrected chi connectivity index (χ3v) is 6.83. The lowest BCUT2D eigenvalue weighted by molar-refractivity contribution is -0.132. The minimum absolute atomic E-state index is 0.0252. The lowest BCUT2D eigenvalue weighted by Crippen LogP contribution is -2.36. The van der Waals surface area contributed by atoms with E-state index in [1.807, 2.05) is 36.1 Å². The summed E-state index contributed by atoms with van der Waals surface area (Å²) >= 11 is 0. The average Bonchev–Trinajstić information content (AvgIpc) is 3.24. The van der Waals surface area contributed by atoms with E-state index in [-0.39, 0.29) is 12.3 Å². The molecule has 1 amide bonds. The number of ether oxygens (including phenoxy) is 2. The number of carbonyl (C=O) groups excluding carboxylic acids is 2. The molecule has 180 valence electrons. The van der Waals surface area contributed by atoms with Gasteiger partial charge in [0.05, 0.1) is 19.8 Å². The van der Waals surface area contributed by atoms with Crippen molar-refractivity contribution in [3.05, 3.63) is 74.8 Å². The number of rotatable bonds is 5. The first-order valence-electron chi connectivity index (χ1n) is 11.5. The summed E-state index contributed by atoms with van der Waals surface area (Å²) in [5.41, 5.74) is 4.87. The summed E-state index contributed by atoms with van der Waals surface area (Å²) in [5.74, 6) is 0.194. The summed E-state index contributed by atoms with van der Waals surface area (Å²) in [4.78, 5) is 43.0. The van der Waals surface area contributed by atoms with E-state index in [1.54, 1.807) is 19.2 Å². The molecule has 0 saturated heterocycles.